The van der Waals surface area contributed by atoms with Crippen molar-refractivity contribution in [3.63, 3.8) is 0 Å². The first kappa shape index (κ1) is 28.7. The number of aromatic nitrogens is 1. The summed E-state index contributed by atoms with van der Waals surface area (Å²) >= 11 is 1.34. The number of benzene rings is 3. The van der Waals surface area contributed by atoms with E-state index in [2.05, 4.69) is 6.92 Å². The number of ketones is 1. The van der Waals surface area contributed by atoms with Crippen LogP contribution in [0.2, 0.25) is 0 Å². The van der Waals surface area contributed by atoms with Crippen molar-refractivity contribution in [2.24, 2.45) is 0 Å². The van der Waals surface area contributed by atoms with Crippen LogP contribution in [0, 0.1) is 13.8 Å². The van der Waals surface area contributed by atoms with Gasteiger partial charge in [-0.1, -0.05) is 36.8 Å². The number of nitrogens with zero attached hydrogens (tertiary/aromatic N) is 2. The lowest BCUT2D eigenvalue weighted by molar-refractivity contribution is -0.132. The Morgan fingerprint density at radius 1 is 1.12 bits per heavy atom. The van der Waals surface area contributed by atoms with E-state index in [1.54, 1.807) is 31.4 Å². The molecule has 1 fully saturated rings. The van der Waals surface area contributed by atoms with Gasteiger partial charge in [-0.25, -0.2) is 4.98 Å². The number of anilines is 1. The molecular formula is C34H34N2O6S. The van der Waals surface area contributed by atoms with E-state index in [9.17, 15) is 14.7 Å². The third-order valence-electron chi connectivity index (χ3n) is 7.90. The Kier molecular flexibility index (Phi) is 7.60. The number of hydrogen-bond acceptors (Lipinski definition) is 8. The molecule has 1 N–H and O–H groups in total. The summed E-state index contributed by atoms with van der Waals surface area (Å²) < 4.78 is 18.4. The second-order valence-electron chi connectivity index (χ2n) is 11.2. The molecule has 0 saturated carbocycles. The van der Waals surface area contributed by atoms with Crippen LogP contribution >= 0.6 is 11.3 Å². The number of aliphatic hydroxyl groups is 1. The molecule has 3 aromatic carbocycles. The molecule has 1 amide bonds. The summed E-state index contributed by atoms with van der Waals surface area (Å²) in [6, 6.07) is 13.8. The highest BCUT2D eigenvalue weighted by atomic mass is 32.1. The first-order valence-corrected chi connectivity index (χ1v) is 15.3. The summed E-state index contributed by atoms with van der Waals surface area (Å²) in [6.07, 6.45) is 2.60. The average Bonchev–Trinajstić information content (AvgIpc) is 3.65. The van der Waals surface area contributed by atoms with Gasteiger partial charge < -0.3 is 19.3 Å². The Morgan fingerprint density at radius 2 is 1.93 bits per heavy atom. The highest BCUT2D eigenvalue weighted by molar-refractivity contribution is 7.22. The molecule has 6 rings (SSSR count). The van der Waals surface area contributed by atoms with E-state index in [1.165, 1.54) is 16.2 Å². The summed E-state index contributed by atoms with van der Waals surface area (Å²) in [5, 5.41) is 12.1. The monoisotopic (exact) mass is 598 g/mol. The Bertz CT molecular complexity index is 1790. The van der Waals surface area contributed by atoms with Gasteiger partial charge in [0.1, 0.15) is 17.6 Å². The number of aliphatic hydroxyl groups excluding tert-OH is 1. The van der Waals surface area contributed by atoms with Crippen molar-refractivity contribution in [3.05, 3.63) is 81.9 Å². The second kappa shape index (κ2) is 11.4. The molecule has 0 spiro atoms. The number of fused-ring (bicyclic) bond motifs is 2. The minimum atomic E-state index is -0.941. The van der Waals surface area contributed by atoms with Gasteiger partial charge in [0, 0.05) is 12.0 Å². The van der Waals surface area contributed by atoms with Gasteiger partial charge in [-0.05, 0) is 85.8 Å². The maximum atomic E-state index is 13.8. The van der Waals surface area contributed by atoms with E-state index < -0.39 is 17.7 Å². The Balaban J connectivity index is 1.52. The van der Waals surface area contributed by atoms with Gasteiger partial charge in [0.15, 0.2) is 16.6 Å². The van der Waals surface area contributed by atoms with Gasteiger partial charge >= 0.3 is 5.91 Å². The van der Waals surface area contributed by atoms with Crippen molar-refractivity contribution in [1.29, 1.82) is 0 Å². The van der Waals surface area contributed by atoms with Crippen molar-refractivity contribution in [2.45, 2.75) is 59.1 Å². The van der Waals surface area contributed by atoms with E-state index in [0.717, 1.165) is 45.5 Å². The van der Waals surface area contributed by atoms with Crippen LogP contribution in [0.1, 0.15) is 60.5 Å². The van der Waals surface area contributed by atoms with Gasteiger partial charge in [0.25, 0.3) is 5.78 Å². The molecule has 43 heavy (non-hydrogen) atoms. The lowest BCUT2D eigenvalue weighted by Gasteiger charge is -2.24. The van der Waals surface area contributed by atoms with Crippen molar-refractivity contribution in [3.8, 4) is 17.2 Å². The third kappa shape index (κ3) is 5.12. The van der Waals surface area contributed by atoms with Crippen molar-refractivity contribution >= 4 is 44.1 Å². The summed E-state index contributed by atoms with van der Waals surface area (Å²) in [6.45, 7) is 8.60. The highest BCUT2D eigenvalue weighted by Gasteiger charge is 2.48. The average molecular weight is 599 g/mol. The predicted molar refractivity (Wildman–Crippen MR) is 168 cm³/mol. The predicted octanol–water partition coefficient (Wildman–Crippen LogP) is 7.05. The Labute approximate surface area is 254 Å². The number of ether oxygens (including phenoxy) is 3. The fourth-order valence-electron chi connectivity index (χ4n) is 5.83. The van der Waals surface area contributed by atoms with Crippen LogP contribution in [0.4, 0.5) is 5.13 Å². The maximum absolute atomic E-state index is 13.8. The summed E-state index contributed by atoms with van der Waals surface area (Å²) in [5.74, 6) is 0.0182. The highest BCUT2D eigenvalue weighted by Crippen LogP contribution is 2.46. The molecular weight excluding hydrogens is 564 g/mol. The molecule has 2 atom stereocenters. The molecule has 8 nitrogen and oxygen atoms in total. The number of carbonyl (C=O) groups is 2. The summed E-state index contributed by atoms with van der Waals surface area (Å²) in [4.78, 5) is 33.8. The molecule has 4 aromatic rings. The fraction of sp³-hybridized carbons (Fsp3) is 0.324. The number of amides is 1. The normalized spacial score (nSPS) is 19.1. The smallest absolute Gasteiger partial charge is 0.301 e. The number of carbonyl (C=O) groups excluding carboxylic acids is 2. The largest absolute Gasteiger partial charge is 0.507 e. The van der Waals surface area contributed by atoms with E-state index in [4.69, 9.17) is 19.2 Å². The molecule has 222 valence electrons. The lowest BCUT2D eigenvalue weighted by Crippen LogP contribution is -2.29. The molecule has 2 aliphatic rings. The van der Waals surface area contributed by atoms with Gasteiger partial charge in [-0.3, -0.25) is 14.5 Å². The summed E-state index contributed by atoms with van der Waals surface area (Å²) in [7, 11) is 1.55. The molecule has 9 heteroatoms. The number of unbranched alkanes of at least 4 members (excludes halogenated alkanes) is 1. The van der Waals surface area contributed by atoms with Crippen LogP contribution in [-0.4, -0.2) is 41.6 Å². The fourth-order valence-corrected chi connectivity index (χ4v) is 7.00. The molecule has 3 heterocycles. The van der Waals surface area contributed by atoms with Crippen molar-refractivity contribution in [2.75, 3.05) is 18.6 Å². The molecule has 0 unspecified atom stereocenters. The zero-order chi connectivity index (χ0) is 30.4. The van der Waals surface area contributed by atoms with Gasteiger partial charge in [-0.2, -0.15) is 0 Å². The lowest BCUT2D eigenvalue weighted by atomic mass is 9.94. The number of rotatable bonds is 8. The van der Waals surface area contributed by atoms with Crippen LogP contribution in [-0.2, 0) is 16.0 Å². The second-order valence-corrected chi connectivity index (χ2v) is 12.2. The van der Waals surface area contributed by atoms with E-state index >= 15 is 0 Å². The van der Waals surface area contributed by atoms with Crippen LogP contribution in [0.25, 0.3) is 16.0 Å². The molecule has 0 aliphatic carbocycles. The minimum absolute atomic E-state index is 0.00854. The quantitative estimate of drug-likeness (QED) is 0.100. The van der Waals surface area contributed by atoms with Crippen LogP contribution in [0.15, 0.2) is 54.1 Å². The number of Topliss-reactive ketones (excluding diaryl/α,β-unsaturated/α-hetero) is 1. The van der Waals surface area contributed by atoms with Crippen LogP contribution in [0.3, 0.4) is 0 Å². The number of thiazole rings is 1. The molecule has 2 aliphatic heterocycles. The minimum Gasteiger partial charge on any atom is -0.507 e. The van der Waals surface area contributed by atoms with Crippen molar-refractivity contribution in [1.82, 2.24) is 4.98 Å². The van der Waals surface area contributed by atoms with Gasteiger partial charge in [0.2, 0.25) is 0 Å². The van der Waals surface area contributed by atoms with Gasteiger partial charge in [-0.15, -0.1) is 0 Å². The van der Waals surface area contributed by atoms with Crippen LogP contribution < -0.4 is 19.1 Å². The Hall–Kier alpha value is -4.37. The van der Waals surface area contributed by atoms with Crippen LogP contribution in [0.5, 0.6) is 17.2 Å². The third-order valence-corrected chi connectivity index (χ3v) is 8.90. The molecule has 1 saturated heterocycles. The van der Waals surface area contributed by atoms with Gasteiger partial charge in [0.05, 0.1) is 35.5 Å². The molecule has 0 bridgehead atoms. The SMILES string of the molecule is CCCCOc1ccc([C@@H]2/C(=C(\O)c3ccc4c(c3)C[C@H](C)O4)C(=O)C(=O)N2c2nc3c(C)cc(C)cc3s2)cc1OC. The first-order chi connectivity index (χ1) is 20.7. The number of hydrogen-bond donors (Lipinski definition) is 1. The van der Waals surface area contributed by atoms with E-state index in [-0.39, 0.29) is 17.4 Å². The summed E-state index contributed by atoms with van der Waals surface area (Å²) in [5.41, 5.74) is 4.80. The number of aryl methyl sites for hydroxylation is 2. The number of methoxy groups -OCH3 is 1. The molecule has 1 aromatic heterocycles. The topological polar surface area (TPSA) is 98.2 Å². The zero-order valence-corrected chi connectivity index (χ0v) is 25.7. The standard InChI is InChI=1S/C34H34N2O6S/c1-6-7-12-41-25-11-8-21(17-26(25)40-5)30-28(31(37)22-9-10-24-23(16-22)15-20(4)42-24)32(38)33(39)36(30)34-35-29-19(3)13-18(2)14-27(29)43-34/h8-11,13-14,16-17,20,30,37H,6-7,12,15H2,1-5H3/b31-28+/t20-,30+/m0/s1. The first-order valence-electron chi connectivity index (χ1n) is 14.5. The Morgan fingerprint density at radius 3 is 2.70 bits per heavy atom. The van der Waals surface area contributed by atoms with E-state index in [0.29, 0.717) is 40.8 Å². The van der Waals surface area contributed by atoms with E-state index in [1.807, 2.05) is 45.0 Å². The zero-order valence-electron chi connectivity index (χ0n) is 24.9. The molecule has 0 radical (unpaired) electrons. The maximum Gasteiger partial charge on any atom is 0.301 e. The van der Waals surface area contributed by atoms with Crippen molar-refractivity contribution < 1.29 is 28.9 Å².